The molecule has 0 aliphatic rings. The summed E-state index contributed by atoms with van der Waals surface area (Å²) >= 11 is 0. The number of anilines is 1. The van der Waals surface area contributed by atoms with Gasteiger partial charge in [-0.05, 0) is 19.8 Å². The maximum atomic E-state index is 12.8. The van der Waals surface area contributed by atoms with Crippen molar-refractivity contribution >= 4 is 17.7 Å². The number of nitrogens with one attached hydrogen (secondary N) is 2. The first-order chi connectivity index (χ1) is 13.4. The Morgan fingerprint density at radius 2 is 2.04 bits per heavy atom. The Bertz CT molecular complexity index is 877. The summed E-state index contributed by atoms with van der Waals surface area (Å²) in [6.45, 7) is 5.45. The molecule has 0 aliphatic heterocycles. The van der Waals surface area contributed by atoms with E-state index in [1.165, 1.54) is 24.1 Å². The molecule has 0 saturated carbocycles. The molecule has 0 aliphatic carbocycles. The third-order valence-electron chi connectivity index (χ3n) is 4.27. The van der Waals surface area contributed by atoms with E-state index < -0.39 is 29.5 Å². The van der Waals surface area contributed by atoms with Gasteiger partial charge in [-0.25, -0.2) is 14.4 Å². The molecule has 0 spiro atoms. The van der Waals surface area contributed by atoms with E-state index >= 15 is 0 Å². The van der Waals surface area contributed by atoms with E-state index in [0.717, 1.165) is 0 Å². The SMILES string of the molecule is CCC(NC(=O)C(CC)n1ccnc(NCc2nonc2C)c1=O)C(=O)OC. The molecule has 0 saturated heterocycles. The van der Waals surface area contributed by atoms with Crippen molar-refractivity contribution in [3.63, 3.8) is 0 Å². The van der Waals surface area contributed by atoms with Crippen molar-refractivity contribution in [3.05, 3.63) is 34.1 Å². The lowest BCUT2D eigenvalue weighted by Gasteiger charge is -2.21. The second-order valence-electron chi connectivity index (χ2n) is 6.05. The van der Waals surface area contributed by atoms with Gasteiger partial charge in [0.05, 0.1) is 13.7 Å². The van der Waals surface area contributed by atoms with Gasteiger partial charge in [0, 0.05) is 12.4 Å². The zero-order chi connectivity index (χ0) is 20.7. The average Bonchev–Trinajstić information content (AvgIpc) is 3.11. The fourth-order valence-corrected chi connectivity index (χ4v) is 2.62. The molecular formula is C17H24N6O5. The van der Waals surface area contributed by atoms with Crippen molar-refractivity contribution in [2.24, 2.45) is 0 Å². The van der Waals surface area contributed by atoms with Crippen molar-refractivity contribution < 1.29 is 19.0 Å². The fourth-order valence-electron chi connectivity index (χ4n) is 2.62. The summed E-state index contributed by atoms with van der Waals surface area (Å²) in [5.74, 6) is -0.918. The first-order valence-electron chi connectivity index (χ1n) is 8.90. The summed E-state index contributed by atoms with van der Waals surface area (Å²) in [6.07, 6.45) is 3.57. The number of carbonyl (C=O) groups excluding carboxylic acids is 2. The molecule has 2 aromatic heterocycles. The molecule has 1 amide bonds. The van der Waals surface area contributed by atoms with Crippen molar-refractivity contribution in [2.75, 3.05) is 12.4 Å². The minimum atomic E-state index is -0.801. The summed E-state index contributed by atoms with van der Waals surface area (Å²) in [5.41, 5.74) is 0.679. The monoisotopic (exact) mass is 392 g/mol. The van der Waals surface area contributed by atoms with E-state index in [0.29, 0.717) is 24.2 Å². The fraction of sp³-hybridized carbons (Fsp3) is 0.529. The standard InChI is InChI=1S/C17H24N6O5/c1-5-11(17(26)27-4)20-15(24)13(6-2)23-8-7-18-14(16(23)25)19-9-12-10(3)21-28-22-12/h7-8,11,13H,5-6,9H2,1-4H3,(H,18,19)(H,20,24). The third kappa shape index (κ3) is 4.72. The number of aryl methyl sites for hydroxylation is 1. The Balaban J connectivity index is 2.19. The Morgan fingerprint density at radius 1 is 1.29 bits per heavy atom. The Morgan fingerprint density at radius 3 is 2.61 bits per heavy atom. The smallest absolute Gasteiger partial charge is 0.328 e. The Labute approximate surface area is 161 Å². The van der Waals surface area contributed by atoms with Crippen LogP contribution in [0.4, 0.5) is 5.82 Å². The molecule has 2 unspecified atom stereocenters. The van der Waals surface area contributed by atoms with E-state index in [-0.39, 0.29) is 12.4 Å². The maximum Gasteiger partial charge on any atom is 0.328 e. The van der Waals surface area contributed by atoms with Crippen LogP contribution in [0.15, 0.2) is 21.8 Å². The van der Waals surface area contributed by atoms with Gasteiger partial charge in [0.15, 0.2) is 5.82 Å². The molecule has 0 fully saturated rings. The van der Waals surface area contributed by atoms with E-state index in [1.54, 1.807) is 20.8 Å². The lowest BCUT2D eigenvalue weighted by Crippen LogP contribution is -2.45. The van der Waals surface area contributed by atoms with E-state index in [2.05, 4.69) is 35.3 Å². The molecule has 11 nitrogen and oxygen atoms in total. The molecule has 2 atom stereocenters. The van der Waals surface area contributed by atoms with Gasteiger partial charge < -0.3 is 15.4 Å². The van der Waals surface area contributed by atoms with Crippen LogP contribution in [-0.4, -0.2) is 44.9 Å². The molecule has 0 bridgehead atoms. The second-order valence-corrected chi connectivity index (χ2v) is 6.05. The van der Waals surface area contributed by atoms with Gasteiger partial charge in [0.2, 0.25) is 5.91 Å². The minimum absolute atomic E-state index is 0.0659. The van der Waals surface area contributed by atoms with Crippen LogP contribution < -0.4 is 16.2 Å². The number of carbonyl (C=O) groups is 2. The molecule has 11 heteroatoms. The van der Waals surface area contributed by atoms with Gasteiger partial charge in [-0.15, -0.1) is 0 Å². The van der Waals surface area contributed by atoms with Gasteiger partial charge in [0.1, 0.15) is 23.5 Å². The maximum absolute atomic E-state index is 12.8. The van der Waals surface area contributed by atoms with Crippen LogP contribution in [0.3, 0.4) is 0 Å². The molecule has 0 aromatic carbocycles. The number of rotatable bonds is 9. The van der Waals surface area contributed by atoms with Gasteiger partial charge in [-0.2, -0.15) is 0 Å². The molecule has 2 rings (SSSR count). The zero-order valence-electron chi connectivity index (χ0n) is 16.3. The topological polar surface area (TPSA) is 141 Å². The second kappa shape index (κ2) is 9.62. The Kier molecular flexibility index (Phi) is 7.24. The Hall–Kier alpha value is -3.24. The van der Waals surface area contributed by atoms with E-state index in [9.17, 15) is 14.4 Å². The number of methoxy groups -OCH3 is 1. The van der Waals surface area contributed by atoms with E-state index in [4.69, 9.17) is 0 Å². The minimum Gasteiger partial charge on any atom is -0.467 e. The molecule has 152 valence electrons. The van der Waals surface area contributed by atoms with Crippen LogP contribution in [0.25, 0.3) is 0 Å². The van der Waals surface area contributed by atoms with Crippen molar-refractivity contribution in [1.29, 1.82) is 0 Å². The van der Waals surface area contributed by atoms with Crippen LogP contribution in [0.2, 0.25) is 0 Å². The normalized spacial score (nSPS) is 12.9. The summed E-state index contributed by atoms with van der Waals surface area (Å²) in [7, 11) is 1.26. The van der Waals surface area contributed by atoms with Crippen molar-refractivity contribution in [2.45, 2.75) is 52.2 Å². The largest absolute Gasteiger partial charge is 0.467 e. The molecule has 0 radical (unpaired) electrons. The highest BCUT2D eigenvalue weighted by molar-refractivity contribution is 5.86. The predicted octanol–water partition coefficient (Wildman–Crippen LogP) is 0.566. The number of ether oxygens (including phenoxy) is 1. The zero-order valence-corrected chi connectivity index (χ0v) is 16.3. The van der Waals surface area contributed by atoms with E-state index in [1.807, 2.05) is 0 Å². The predicted molar refractivity (Wildman–Crippen MR) is 98.4 cm³/mol. The highest BCUT2D eigenvalue weighted by atomic mass is 16.6. The van der Waals surface area contributed by atoms with Crippen LogP contribution >= 0.6 is 0 Å². The van der Waals surface area contributed by atoms with Gasteiger partial charge >= 0.3 is 5.97 Å². The molecular weight excluding hydrogens is 368 g/mol. The number of hydrogen-bond donors (Lipinski definition) is 2. The highest BCUT2D eigenvalue weighted by Gasteiger charge is 2.26. The van der Waals surface area contributed by atoms with Crippen molar-refractivity contribution in [1.82, 2.24) is 25.2 Å². The summed E-state index contributed by atoms with van der Waals surface area (Å²) < 4.78 is 10.6. The summed E-state index contributed by atoms with van der Waals surface area (Å²) in [5, 5.41) is 12.9. The summed E-state index contributed by atoms with van der Waals surface area (Å²) in [6, 6.07) is -1.57. The number of nitrogens with zero attached hydrogens (tertiary/aromatic N) is 4. The lowest BCUT2D eigenvalue weighted by molar-refractivity contribution is -0.145. The lowest BCUT2D eigenvalue weighted by atomic mass is 10.1. The molecule has 2 N–H and O–H groups in total. The van der Waals surface area contributed by atoms with Gasteiger partial charge in [0.25, 0.3) is 5.56 Å². The third-order valence-corrected chi connectivity index (χ3v) is 4.27. The number of amides is 1. The molecule has 2 aromatic rings. The molecule has 2 heterocycles. The van der Waals surface area contributed by atoms with Crippen LogP contribution in [0.5, 0.6) is 0 Å². The first kappa shape index (κ1) is 21.1. The first-order valence-corrected chi connectivity index (χ1v) is 8.90. The van der Waals surface area contributed by atoms with Crippen LogP contribution in [-0.2, 0) is 20.9 Å². The van der Waals surface area contributed by atoms with Gasteiger partial charge in [-0.3, -0.25) is 14.2 Å². The summed E-state index contributed by atoms with van der Waals surface area (Å²) in [4.78, 5) is 41.2. The van der Waals surface area contributed by atoms with Crippen molar-refractivity contribution in [3.8, 4) is 0 Å². The quantitative estimate of drug-likeness (QED) is 0.586. The number of aromatic nitrogens is 4. The average molecular weight is 392 g/mol. The van der Waals surface area contributed by atoms with Crippen LogP contribution in [0.1, 0.15) is 44.1 Å². The molecule has 28 heavy (non-hydrogen) atoms. The number of esters is 1. The highest BCUT2D eigenvalue weighted by Crippen LogP contribution is 2.11. The number of hydrogen-bond acceptors (Lipinski definition) is 9. The van der Waals surface area contributed by atoms with Gasteiger partial charge in [-0.1, -0.05) is 24.2 Å². The van der Waals surface area contributed by atoms with Crippen LogP contribution in [0, 0.1) is 6.92 Å².